The van der Waals surface area contributed by atoms with Crippen LogP contribution in [0.4, 0.5) is 21.8 Å². The number of halogens is 1. The summed E-state index contributed by atoms with van der Waals surface area (Å²) >= 11 is 0. The van der Waals surface area contributed by atoms with Crippen molar-refractivity contribution in [2.45, 2.75) is 0 Å². The van der Waals surface area contributed by atoms with E-state index < -0.39 is 5.91 Å². The quantitative estimate of drug-likeness (QED) is 0.271. The predicted octanol–water partition coefficient (Wildman–Crippen LogP) is 5.56. The van der Waals surface area contributed by atoms with E-state index in [0.29, 0.717) is 34.1 Å². The summed E-state index contributed by atoms with van der Waals surface area (Å²) in [5, 5.41) is 3.17. The fourth-order valence-corrected chi connectivity index (χ4v) is 3.70. The van der Waals surface area contributed by atoms with Gasteiger partial charge in [-0.25, -0.2) is 9.37 Å². The fraction of sp³-hybridized carbons (Fsp3) is 0. The van der Waals surface area contributed by atoms with Crippen molar-refractivity contribution in [3.63, 3.8) is 0 Å². The van der Waals surface area contributed by atoms with Gasteiger partial charge in [0.1, 0.15) is 28.8 Å². The van der Waals surface area contributed by atoms with Gasteiger partial charge in [-0.2, -0.15) is 4.98 Å². The molecule has 2 heterocycles. The molecule has 0 unspecified atom stereocenters. The number of nitrogen functional groups attached to an aromatic ring is 1. The van der Waals surface area contributed by atoms with Gasteiger partial charge in [0.25, 0.3) is 5.91 Å². The van der Waals surface area contributed by atoms with Crippen molar-refractivity contribution in [3.05, 3.63) is 109 Å². The van der Waals surface area contributed by atoms with E-state index in [0.717, 1.165) is 11.3 Å². The lowest BCUT2D eigenvalue weighted by atomic mass is 10.0. The molecular formula is C28H21FN6O2. The van der Waals surface area contributed by atoms with E-state index in [4.69, 9.17) is 16.2 Å². The lowest BCUT2D eigenvalue weighted by Crippen LogP contribution is -2.12. The van der Waals surface area contributed by atoms with Crippen LogP contribution in [0.2, 0.25) is 0 Å². The summed E-state index contributed by atoms with van der Waals surface area (Å²) in [5.41, 5.74) is 14.4. The van der Waals surface area contributed by atoms with Crippen molar-refractivity contribution in [1.29, 1.82) is 0 Å². The second-order valence-electron chi connectivity index (χ2n) is 8.05. The molecule has 0 aliphatic carbocycles. The standard InChI is InChI=1S/C28H21FN6O2/c29-23-14-18(6-11-22(23)17-4-2-1-3-5-17)24-16-26(35-28(31)34-24)33-19-7-9-20(10-8-19)37-21-12-13-32-25(15-21)27(30)36/h1-16H,(H2,30,36)(H3,31,33,34,35). The van der Waals surface area contributed by atoms with Crippen molar-refractivity contribution < 1.29 is 13.9 Å². The third kappa shape index (κ3) is 5.51. The first kappa shape index (κ1) is 23.4. The van der Waals surface area contributed by atoms with Crippen LogP contribution in [0, 0.1) is 5.82 Å². The predicted molar refractivity (Wildman–Crippen MR) is 140 cm³/mol. The largest absolute Gasteiger partial charge is 0.457 e. The second-order valence-corrected chi connectivity index (χ2v) is 8.05. The van der Waals surface area contributed by atoms with Crippen LogP contribution in [0.25, 0.3) is 22.4 Å². The molecule has 2 aromatic heterocycles. The minimum absolute atomic E-state index is 0.0513. The van der Waals surface area contributed by atoms with Gasteiger partial charge < -0.3 is 21.5 Å². The average molecular weight is 493 g/mol. The number of anilines is 3. The summed E-state index contributed by atoms with van der Waals surface area (Å²) in [6.45, 7) is 0. The van der Waals surface area contributed by atoms with Gasteiger partial charge in [0.2, 0.25) is 5.95 Å². The Morgan fingerprint density at radius 1 is 0.838 bits per heavy atom. The first-order valence-electron chi connectivity index (χ1n) is 11.3. The lowest BCUT2D eigenvalue weighted by molar-refractivity contribution is 0.0995. The molecule has 9 heteroatoms. The Labute approximate surface area is 211 Å². The summed E-state index contributed by atoms with van der Waals surface area (Å²) in [7, 11) is 0. The number of carbonyl (C=O) groups excluding carboxylic acids is 1. The van der Waals surface area contributed by atoms with E-state index in [1.165, 1.54) is 18.3 Å². The maximum atomic E-state index is 14.9. The van der Waals surface area contributed by atoms with E-state index in [9.17, 15) is 9.18 Å². The van der Waals surface area contributed by atoms with Crippen molar-refractivity contribution in [2.75, 3.05) is 11.1 Å². The molecule has 0 spiro atoms. The average Bonchev–Trinajstić information content (AvgIpc) is 2.90. The molecule has 8 nitrogen and oxygen atoms in total. The summed E-state index contributed by atoms with van der Waals surface area (Å²) in [6, 6.07) is 26.1. The van der Waals surface area contributed by atoms with E-state index in [-0.39, 0.29) is 17.5 Å². The Morgan fingerprint density at radius 2 is 1.62 bits per heavy atom. The molecule has 5 rings (SSSR count). The number of nitrogens with one attached hydrogen (secondary N) is 1. The van der Waals surface area contributed by atoms with Crippen LogP contribution in [0.3, 0.4) is 0 Å². The number of hydrogen-bond acceptors (Lipinski definition) is 7. The number of benzene rings is 3. The SMILES string of the molecule is NC(=O)c1cc(Oc2ccc(Nc3cc(-c4ccc(-c5ccccc5)c(F)c4)nc(N)n3)cc2)ccn1. The van der Waals surface area contributed by atoms with E-state index in [1.54, 1.807) is 48.5 Å². The molecule has 0 bridgehead atoms. The third-order valence-corrected chi connectivity index (χ3v) is 5.44. The van der Waals surface area contributed by atoms with Crippen molar-refractivity contribution in [1.82, 2.24) is 15.0 Å². The van der Waals surface area contributed by atoms with Crippen molar-refractivity contribution >= 4 is 23.4 Å². The number of pyridine rings is 1. The summed E-state index contributed by atoms with van der Waals surface area (Å²) in [6.07, 6.45) is 1.45. The number of carbonyl (C=O) groups is 1. The normalized spacial score (nSPS) is 10.6. The molecule has 37 heavy (non-hydrogen) atoms. The smallest absolute Gasteiger partial charge is 0.267 e. The van der Waals surface area contributed by atoms with Crippen LogP contribution < -0.4 is 21.5 Å². The van der Waals surface area contributed by atoms with Crippen LogP contribution in [-0.4, -0.2) is 20.9 Å². The van der Waals surface area contributed by atoms with Crippen molar-refractivity contribution in [2.24, 2.45) is 5.73 Å². The Morgan fingerprint density at radius 3 is 2.35 bits per heavy atom. The molecular weight excluding hydrogens is 471 g/mol. The van der Waals surface area contributed by atoms with Gasteiger partial charge in [0, 0.05) is 35.1 Å². The zero-order chi connectivity index (χ0) is 25.8. The number of primary amides is 1. The van der Waals surface area contributed by atoms with Gasteiger partial charge in [-0.05, 0) is 42.0 Å². The second kappa shape index (κ2) is 10.1. The summed E-state index contributed by atoms with van der Waals surface area (Å²) in [4.78, 5) is 23.7. The fourth-order valence-electron chi connectivity index (χ4n) is 3.70. The molecule has 1 amide bonds. The van der Waals surface area contributed by atoms with E-state index in [1.807, 2.05) is 30.3 Å². The van der Waals surface area contributed by atoms with Gasteiger partial charge in [-0.15, -0.1) is 0 Å². The first-order chi connectivity index (χ1) is 17.9. The summed E-state index contributed by atoms with van der Waals surface area (Å²) < 4.78 is 20.7. The molecule has 0 fully saturated rings. The highest BCUT2D eigenvalue weighted by atomic mass is 19.1. The van der Waals surface area contributed by atoms with Gasteiger partial charge in [-0.1, -0.05) is 42.5 Å². The van der Waals surface area contributed by atoms with Crippen LogP contribution in [-0.2, 0) is 0 Å². The number of amides is 1. The lowest BCUT2D eigenvalue weighted by Gasteiger charge is -2.11. The molecule has 0 aliphatic rings. The van der Waals surface area contributed by atoms with Gasteiger partial charge in [0.15, 0.2) is 0 Å². The molecule has 0 saturated carbocycles. The molecule has 0 radical (unpaired) electrons. The highest BCUT2D eigenvalue weighted by Gasteiger charge is 2.11. The van der Waals surface area contributed by atoms with Gasteiger partial charge >= 0.3 is 0 Å². The third-order valence-electron chi connectivity index (χ3n) is 5.44. The van der Waals surface area contributed by atoms with E-state index >= 15 is 0 Å². The number of rotatable bonds is 7. The zero-order valence-electron chi connectivity index (χ0n) is 19.4. The number of nitrogens with two attached hydrogens (primary N) is 2. The number of nitrogens with zero attached hydrogens (tertiary/aromatic N) is 3. The number of hydrogen-bond donors (Lipinski definition) is 3. The van der Waals surface area contributed by atoms with Crippen LogP contribution in [0.15, 0.2) is 97.2 Å². The molecule has 0 aliphatic heterocycles. The Bertz CT molecular complexity index is 1580. The first-order valence-corrected chi connectivity index (χ1v) is 11.3. The molecule has 182 valence electrons. The van der Waals surface area contributed by atoms with Crippen molar-refractivity contribution in [3.8, 4) is 33.9 Å². The van der Waals surface area contributed by atoms with Crippen LogP contribution >= 0.6 is 0 Å². The minimum Gasteiger partial charge on any atom is -0.457 e. The number of ether oxygens (including phenoxy) is 1. The molecule has 0 saturated heterocycles. The molecule has 5 aromatic rings. The Hall–Kier alpha value is -5.31. The van der Waals surface area contributed by atoms with Gasteiger partial charge in [0.05, 0.1) is 5.69 Å². The Kier molecular flexibility index (Phi) is 6.41. The zero-order valence-corrected chi connectivity index (χ0v) is 19.4. The van der Waals surface area contributed by atoms with Crippen LogP contribution in [0.1, 0.15) is 10.5 Å². The Balaban J connectivity index is 1.33. The van der Waals surface area contributed by atoms with E-state index in [2.05, 4.69) is 20.3 Å². The number of aromatic nitrogens is 3. The van der Waals surface area contributed by atoms with Gasteiger partial charge in [-0.3, -0.25) is 9.78 Å². The highest BCUT2D eigenvalue weighted by Crippen LogP contribution is 2.29. The summed E-state index contributed by atoms with van der Waals surface area (Å²) in [5.74, 6) is 0.484. The molecule has 0 atom stereocenters. The maximum Gasteiger partial charge on any atom is 0.267 e. The monoisotopic (exact) mass is 492 g/mol. The molecule has 3 aromatic carbocycles. The maximum absolute atomic E-state index is 14.9. The van der Waals surface area contributed by atoms with Crippen LogP contribution in [0.5, 0.6) is 11.5 Å². The topological polar surface area (TPSA) is 129 Å². The molecule has 5 N–H and O–H groups in total. The highest BCUT2D eigenvalue weighted by molar-refractivity contribution is 5.91. The minimum atomic E-state index is -0.636.